The van der Waals surface area contributed by atoms with Gasteiger partial charge in [0.25, 0.3) is 0 Å². The molecule has 0 aromatic carbocycles. The van der Waals surface area contributed by atoms with Crippen LogP contribution in [0.25, 0.3) is 0 Å². The molecule has 0 radical (unpaired) electrons. The average Bonchev–Trinajstić information content (AvgIpc) is 1.38. The summed E-state index contributed by atoms with van der Waals surface area (Å²) in [5.41, 5.74) is 0. The minimum Gasteiger partial charge on any atom is -0.659 e. The smallest absolute Gasteiger partial charge is 0.659 e. The summed E-state index contributed by atoms with van der Waals surface area (Å²) in [6.45, 7) is 0. The van der Waals surface area contributed by atoms with Gasteiger partial charge >= 0.3 is 23.2 Å². The number of carboxylic acid groups (broad SMARTS) is 1. The van der Waals surface area contributed by atoms with Gasteiger partial charge in [-0.2, -0.15) is 0 Å². The number of rotatable bonds is 0. The summed E-state index contributed by atoms with van der Waals surface area (Å²) in [7, 11) is 0. The van der Waals surface area contributed by atoms with Gasteiger partial charge in [-0.3, -0.25) is 0 Å². The molecule has 0 amide bonds. The fourth-order valence-corrected chi connectivity index (χ4v) is 0. The molecule has 0 spiro atoms. The summed E-state index contributed by atoms with van der Waals surface area (Å²) >= 11 is 0. The van der Waals surface area contributed by atoms with E-state index in [0.717, 1.165) is 0 Å². The SMILES string of the molecule is O=C(O)O[O-].[Fe+2]. The van der Waals surface area contributed by atoms with Crippen LogP contribution in [0.5, 0.6) is 0 Å². The van der Waals surface area contributed by atoms with Gasteiger partial charge in [0, 0.05) is 0 Å². The summed E-state index contributed by atoms with van der Waals surface area (Å²) < 4.78 is 0. The maximum Gasteiger partial charge on any atom is 2.00 e. The first-order valence-corrected chi connectivity index (χ1v) is 0.799. The molecule has 0 aromatic rings. The quantitative estimate of drug-likeness (QED) is 0.260. The number of hydrogen-bond donors (Lipinski definition) is 1. The van der Waals surface area contributed by atoms with Crippen molar-refractivity contribution >= 4 is 6.16 Å². The Morgan fingerprint density at radius 3 is 2.00 bits per heavy atom. The molecule has 0 unspecified atom stereocenters. The number of hydrogen-bond acceptors (Lipinski definition) is 3. The summed E-state index contributed by atoms with van der Waals surface area (Å²) in [5.74, 6) is 0. The van der Waals surface area contributed by atoms with Gasteiger partial charge in [0.2, 0.25) is 0 Å². The van der Waals surface area contributed by atoms with E-state index in [1.165, 1.54) is 0 Å². The van der Waals surface area contributed by atoms with Crippen LogP contribution in [0.3, 0.4) is 0 Å². The van der Waals surface area contributed by atoms with Gasteiger partial charge in [-0.25, -0.2) is 4.79 Å². The Balaban J connectivity index is 0. The fraction of sp³-hybridized carbons (Fsp3) is 0. The van der Waals surface area contributed by atoms with Gasteiger partial charge in [0.1, 0.15) is 0 Å². The molecule has 0 aliphatic carbocycles. The van der Waals surface area contributed by atoms with Gasteiger partial charge in [-0.05, 0) is 0 Å². The van der Waals surface area contributed by atoms with Crippen LogP contribution >= 0.6 is 0 Å². The third-order valence-electron chi connectivity index (χ3n) is 0.0713. The van der Waals surface area contributed by atoms with Crippen molar-refractivity contribution in [2.24, 2.45) is 0 Å². The second kappa shape index (κ2) is 4.75. The van der Waals surface area contributed by atoms with E-state index >= 15 is 0 Å². The van der Waals surface area contributed by atoms with Gasteiger partial charge in [0.05, 0.1) is 0 Å². The maximum atomic E-state index is 8.83. The molecule has 1 N–H and O–H groups in total. The van der Waals surface area contributed by atoms with Crippen LogP contribution in [0.15, 0.2) is 0 Å². The monoisotopic (exact) mass is 133 g/mol. The Hall–Kier alpha value is -0.251. The second-order valence-electron chi connectivity index (χ2n) is 0.349. The van der Waals surface area contributed by atoms with E-state index in [2.05, 4.69) is 4.89 Å². The minimum atomic E-state index is -1.80. The van der Waals surface area contributed by atoms with Gasteiger partial charge in [0.15, 0.2) is 0 Å². The van der Waals surface area contributed by atoms with E-state index in [1.54, 1.807) is 0 Å². The van der Waals surface area contributed by atoms with E-state index in [9.17, 15) is 0 Å². The van der Waals surface area contributed by atoms with Crippen LogP contribution in [-0.2, 0) is 22.0 Å². The molecule has 0 saturated heterocycles. The Labute approximate surface area is 44.1 Å². The third-order valence-corrected chi connectivity index (χ3v) is 0.0713. The molecule has 36 valence electrons. The van der Waals surface area contributed by atoms with Crippen LogP contribution < -0.4 is 5.26 Å². The molecular weight excluding hydrogens is 132 g/mol. The first-order chi connectivity index (χ1) is 2.27. The summed E-state index contributed by atoms with van der Waals surface area (Å²) in [4.78, 5) is 11.2. The van der Waals surface area contributed by atoms with Crippen molar-refractivity contribution in [3.63, 3.8) is 0 Å². The van der Waals surface area contributed by atoms with Gasteiger partial charge < -0.3 is 15.3 Å². The standard InChI is InChI=1S/CH2O4.Fe/c2-1(3)5-4;/h4H,(H,2,3);/q;+2/p-1. The first kappa shape index (κ1) is 9.23. The van der Waals surface area contributed by atoms with Gasteiger partial charge in [-0.1, -0.05) is 0 Å². The van der Waals surface area contributed by atoms with E-state index in [4.69, 9.17) is 15.2 Å². The summed E-state index contributed by atoms with van der Waals surface area (Å²) in [6, 6.07) is 0. The topological polar surface area (TPSA) is 69.6 Å². The molecule has 6 heavy (non-hydrogen) atoms. The first-order valence-electron chi connectivity index (χ1n) is 0.799. The van der Waals surface area contributed by atoms with Crippen molar-refractivity contribution in [2.75, 3.05) is 0 Å². The van der Waals surface area contributed by atoms with Crippen LogP contribution in [0.2, 0.25) is 0 Å². The third kappa shape index (κ3) is 9.26. The number of carbonyl (C=O) groups is 1. The molecule has 0 aromatic heterocycles. The maximum absolute atomic E-state index is 8.83. The normalized spacial score (nSPS) is 5.50. The van der Waals surface area contributed by atoms with Crippen LogP contribution in [0.4, 0.5) is 4.79 Å². The Morgan fingerprint density at radius 1 is 1.83 bits per heavy atom. The Morgan fingerprint density at radius 2 is 2.00 bits per heavy atom. The van der Waals surface area contributed by atoms with E-state index in [1.807, 2.05) is 0 Å². The van der Waals surface area contributed by atoms with Gasteiger partial charge in [-0.15, -0.1) is 0 Å². The molecule has 0 fully saturated rings. The molecule has 0 atom stereocenters. The van der Waals surface area contributed by atoms with Crippen molar-refractivity contribution in [3.05, 3.63) is 0 Å². The second-order valence-corrected chi connectivity index (χ2v) is 0.349. The summed E-state index contributed by atoms with van der Waals surface area (Å²) in [5, 5.41) is 15.7. The molecule has 0 saturated carbocycles. The fourth-order valence-electron chi connectivity index (χ4n) is 0. The summed E-state index contributed by atoms with van der Waals surface area (Å²) in [6.07, 6.45) is -1.80. The average molecular weight is 133 g/mol. The molecular formula is CHFeO4+. The molecule has 4 nitrogen and oxygen atoms in total. The predicted molar refractivity (Wildman–Crippen MR) is 9.11 cm³/mol. The molecule has 0 rings (SSSR count). The van der Waals surface area contributed by atoms with Crippen LogP contribution in [0, 0.1) is 0 Å². The van der Waals surface area contributed by atoms with E-state index < -0.39 is 6.16 Å². The van der Waals surface area contributed by atoms with Crippen LogP contribution in [0.1, 0.15) is 0 Å². The molecule has 0 heterocycles. The zero-order valence-electron chi connectivity index (χ0n) is 2.53. The molecule has 0 aliphatic rings. The van der Waals surface area contributed by atoms with Crippen molar-refractivity contribution in [1.29, 1.82) is 0 Å². The van der Waals surface area contributed by atoms with Crippen molar-refractivity contribution in [1.82, 2.24) is 0 Å². The largest absolute Gasteiger partial charge is 2.00 e. The van der Waals surface area contributed by atoms with Crippen LogP contribution in [-0.4, -0.2) is 11.3 Å². The Bertz CT molecular complexity index is 42.8. The van der Waals surface area contributed by atoms with E-state index in [-0.39, 0.29) is 17.1 Å². The van der Waals surface area contributed by atoms with Crippen molar-refractivity contribution < 1.29 is 37.1 Å². The Kier molecular flexibility index (Phi) is 7.30. The van der Waals surface area contributed by atoms with Crippen molar-refractivity contribution in [2.45, 2.75) is 0 Å². The predicted octanol–water partition coefficient (Wildman–Crippen LogP) is -1.05. The molecule has 0 bridgehead atoms. The molecule has 0 aliphatic heterocycles. The van der Waals surface area contributed by atoms with Crippen molar-refractivity contribution in [3.8, 4) is 0 Å². The zero-order chi connectivity index (χ0) is 4.28. The molecule has 5 heteroatoms. The minimum absolute atomic E-state index is 0. The van der Waals surface area contributed by atoms with E-state index in [0.29, 0.717) is 0 Å². The zero-order valence-corrected chi connectivity index (χ0v) is 3.63.